The van der Waals surface area contributed by atoms with Gasteiger partial charge in [0.15, 0.2) is 0 Å². The van der Waals surface area contributed by atoms with Crippen LogP contribution < -0.4 is 10.6 Å². The van der Waals surface area contributed by atoms with Crippen LogP contribution in [0.4, 0.5) is 17.5 Å². The summed E-state index contributed by atoms with van der Waals surface area (Å²) in [4.78, 5) is 18.1. The molecule has 8 nitrogen and oxygen atoms in total. The molecule has 0 aliphatic carbocycles. The monoisotopic (exact) mass is 255 g/mol. The fourth-order valence-corrected chi connectivity index (χ4v) is 1.54. The molecule has 1 rings (SSSR count). The van der Waals surface area contributed by atoms with Gasteiger partial charge in [0, 0.05) is 13.1 Å². The van der Waals surface area contributed by atoms with Gasteiger partial charge >= 0.3 is 5.69 Å². The van der Waals surface area contributed by atoms with Gasteiger partial charge < -0.3 is 15.7 Å². The van der Waals surface area contributed by atoms with Gasteiger partial charge in [0.2, 0.25) is 11.8 Å². The zero-order valence-electron chi connectivity index (χ0n) is 10.5. The quantitative estimate of drug-likeness (QED) is 0.513. The number of hydrogen-bond donors (Lipinski definition) is 3. The van der Waals surface area contributed by atoms with Gasteiger partial charge in [-0.2, -0.15) is 4.98 Å². The Morgan fingerprint density at radius 3 is 2.72 bits per heavy atom. The molecule has 2 atom stereocenters. The molecule has 8 heteroatoms. The van der Waals surface area contributed by atoms with Crippen molar-refractivity contribution in [1.29, 1.82) is 0 Å². The van der Waals surface area contributed by atoms with E-state index in [4.69, 9.17) is 0 Å². The van der Waals surface area contributed by atoms with Crippen molar-refractivity contribution in [2.75, 3.05) is 17.7 Å². The van der Waals surface area contributed by atoms with Crippen molar-refractivity contribution in [3.63, 3.8) is 0 Å². The van der Waals surface area contributed by atoms with Crippen LogP contribution >= 0.6 is 0 Å². The molecule has 0 fully saturated rings. The van der Waals surface area contributed by atoms with Crippen molar-refractivity contribution in [3.05, 3.63) is 16.3 Å². The minimum Gasteiger partial charge on any atom is -0.393 e. The molecule has 0 saturated heterocycles. The molecule has 0 spiro atoms. The Bertz CT molecular complexity index is 424. The normalized spacial score (nSPS) is 13.8. The van der Waals surface area contributed by atoms with E-state index < -0.39 is 11.0 Å². The van der Waals surface area contributed by atoms with Gasteiger partial charge in [-0.3, -0.25) is 10.1 Å². The summed E-state index contributed by atoms with van der Waals surface area (Å²) in [6, 6.07) is -0.136. The van der Waals surface area contributed by atoms with Crippen LogP contribution in [-0.4, -0.2) is 39.2 Å². The molecule has 0 bridgehead atoms. The first-order valence-electron chi connectivity index (χ1n) is 5.57. The number of nitrogens with zero attached hydrogens (tertiary/aromatic N) is 3. The minimum atomic E-state index is -0.545. The van der Waals surface area contributed by atoms with Gasteiger partial charge in [-0.1, -0.05) is 0 Å². The third-order valence-corrected chi connectivity index (χ3v) is 2.27. The highest BCUT2D eigenvalue weighted by Gasteiger charge is 2.19. The maximum Gasteiger partial charge on any atom is 0.329 e. The second-order valence-electron chi connectivity index (χ2n) is 4.06. The number of aromatic nitrogens is 2. The van der Waals surface area contributed by atoms with Crippen molar-refractivity contribution in [1.82, 2.24) is 9.97 Å². The molecule has 100 valence electrons. The van der Waals surface area contributed by atoms with Gasteiger partial charge in [-0.25, -0.2) is 4.98 Å². The van der Waals surface area contributed by atoms with E-state index >= 15 is 0 Å². The molecule has 0 amide bonds. The molecule has 0 aliphatic heterocycles. The Kier molecular flexibility index (Phi) is 4.78. The molecule has 1 aromatic rings. The first-order valence-corrected chi connectivity index (χ1v) is 5.57. The van der Waals surface area contributed by atoms with E-state index in [9.17, 15) is 15.2 Å². The lowest BCUT2D eigenvalue weighted by Gasteiger charge is -2.16. The molecular weight excluding hydrogens is 238 g/mol. The lowest BCUT2D eigenvalue weighted by molar-refractivity contribution is -0.384. The zero-order valence-corrected chi connectivity index (χ0v) is 10.5. The fraction of sp³-hybridized carbons (Fsp3) is 0.600. The van der Waals surface area contributed by atoms with Crippen LogP contribution in [0.25, 0.3) is 0 Å². The average Bonchev–Trinajstić information content (AvgIpc) is 2.27. The molecule has 0 saturated carbocycles. The first-order chi connectivity index (χ1) is 8.43. The predicted octanol–water partition coefficient (Wildman–Crippen LogP) is 0.998. The fourth-order valence-electron chi connectivity index (χ4n) is 1.54. The number of anilines is 2. The lowest BCUT2D eigenvalue weighted by atomic mass is 10.1. The largest absolute Gasteiger partial charge is 0.393 e. The molecule has 1 aromatic heterocycles. The van der Waals surface area contributed by atoms with E-state index in [0.717, 1.165) is 6.20 Å². The van der Waals surface area contributed by atoms with E-state index in [-0.39, 0.29) is 17.5 Å². The van der Waals surface area contributed by atoms with Crippen molar-refractivity contribution in [2.45, 2.75) is 32.4 Å². The van der Waals surface area contributed by atoms with Crippen molar-refractivity contribution in [2.24, 2.45) is 0 Å². The Hall–Kier alpha value is -1.96. The van der Waals surface area contributed by atoms with Crippen LogP contribution in [0.5, 0.6) is 0 Å². The van der Waals surface area contributed by atoms with E-state index in [0.29, 0.717) is 12.4 Å². The first kappa shape index (κ1) is 14.1. The highest BCUT2D eigenvalue weighted by molar-refractivity contribution is 5.57. The third-order valence-electron chi connectivity index (χ3n) is 2.27. The van der Waals surface area contributed by atoms with Gasteiger partial charge in [-0.05, 0) is 20.3 Å². The van der Waals surface area contributed by atoms with Crippen LogP contribution in [0.3, 0.4) is 0 Å². The third kappa shape index (κ3) is 3.81. The van der Waals surface area contributed by atoms with E-state index in [1.54, 1.807) is 14.0 Å². The number of aliphatic hydroxyl groups is 1. The van der Waals surface area contributed by atoms with Gasteiger partial charge in [0.25, 0.3) is 0 Å². The summed E-state index contributed by atoms with van der Waals surface area (Å²) in [5, 5.41) is 25.7. The van der Waals surface area contributed by atoms with Crippen molar-refractivity contribution in [3.8, 4) is 0 Å². The zero-order chi connectivity index (χ0) is 13.7. The summed E-state index contributed by atoms with van der Waals surface area (Å²) in [5.41, 5.74) is -0.188. The molecule has 2 unspecified atom stereocenters. The molecule has 0 aromatic carbocycles. The summed E-state index contributed by atoms with van der Waals surface area (Å²) < 4.78 is 0. The Labute approximate surface area is 105 Å². The maximum absolute atomic E-state index is 10.8. The van der Waals surface area contributed by atoms with Gasteiger partial charge in [0.1, 0.15) is 6.20 Å². The predicted molar refractivity (Wildman–Crippen MR) is 67.6 cm³/mol. The molecular formula is C10H17N5O3. The minimum absolute atomic E-state index is 0.136. The van der Waals surface area contributed by atoms with Crippen LogP contribution in [0.15, 0.2) is 6.20 Å². The van der Waals surface area contributed by atoms with E-state index in [2.05, 4.69) is 20.6 Å². The SMILES string of the molecule is CNc1ncc([N+](=O)[O-])c(NC(C)CC(C)O)n1. The van der Waals surface area contributed by atoms with Crippen LogP contribution in [0, 0.1) is 10.1 Å². The van der Waals surface area contributed by atoms with Crippen LogP contribution in [0.1, 0.15) is 20.3 Å². The maximum atomic E-state index is 10.8. The number of rotatable bonds is 6. The number of nitrogens with one attached hydrogen (secondary N) is 2. The van der Waals surface area contributed by atoms with Crippen LogP contribution in [-0.2, 0) is 0 Å². The summed E-state index contributed by atoms with van der Waals surface area (Å²) in [6.07, 6.45) is 1.13. The summed E-state index contributed by atoms with van der Waals surface area (Å²) in [5.74, 6) is 0.444. The molecule has 0 aliphatic rings. The van der Waals surface area contributed by atoms with Crippen molar-refractivity contribution >= 4 is 17.5 Å². The van der Waals surface area contributed by atoms with Crippen molar-refractivity contribution < 1.29 is 10.0 Å². The molecule has 0 radical (unpaired) electrons. The lowest BCUT2D eigenvalue weighted by Crippen LogP contribution is -2.22. The summed E-state index contributed by atoms with van der Waals surface area (Å²) in [7, 11) is 1.63. The highest BCUT2D eigenvalue weighted by Crippen LogP contribution is 2.23. The summed E-state index contributed by atoms with van der Waals surface area (Å²) >= 11 is 0. The number of aliphatic hydroxyl groups excluding tert-OH is 1. The smallest absolute Gasteiger partial charge is 0.329 e. The Morgan fingerprint density at radius 2 is 2.22 bits per heavy atom. The average molecular weight is 255 g/mol. The Balaban J connectivity index is 2.93. The second kappa shape index (κ2) is 6.10. The van der Waals surface area contributed by atoms with E-state index in [1.807, 2.05) is 6.92 Å². The van der Waals surface area contributed by atoms with Gasteiger partial charge in [0.05, 0.1) is 11.0 Å². The standard InChI is InChI=1S/C10H17N5O3/c1-6(4-7(2)16)13-9-8(15(17)18)5-12-10(11-3)14-9/h5-7,16H,4H2,1-3H3,(H2,11,12,13,14). The molecule has 3 N–H and O–H groups in total. The molecule has 1 heterocycles. The topological polar surface area (TPSA) is 113 Å². The van der Waals surface area contributed by atoms with Crippen LogP contribution in [0.2, 0.25) is 0 Å². The number of hydrogen-bond acceptors (Lipinski definition) is 7. The second-order valence-corrected chi connectivity index (χ2v) is 4.06. The summed E-state index contributed by atoms with van der Waals surface area (Å²) in [6.45, 7) is 3.48. The van der Waals surface area contributed by atoms with Gasteiger partial charge in [-0.15, -0.1) is 0 Å². The Morgan fingerprint density at radius 1 is 1.56 bits per heavy atom. The van der Waals surface area contributed by atoms with E-state index in [1.165, 1.54) is 0 Å². The number of nitro groups is 1. The highest BCUT2D eigenvalue weighted by atomic mass is 16.6. The molecule has 18 heavy (non-hydrogen) atoms.